The van der Waals surface area contributed by atoms with Crippen LogP contribution in [0.1, 0.15) is 54.9 Å². The lowest BCUT2D eigenvalue weighted by atomic mass is 9.94. The lowest BCUT2D eigenvalue weighted by Crippen LogP contribution is -2.40. The number of carbonyl (C=O) groups excluding carboxylic acids is 1. The molecule has 7 heteroatoms. The summed E-state index contributed by atoms with van der Waals surface area (Å²) in [5.41, 5.74) is 2.53. The van der Waals surface area contributed by atoms with Gasteiger partial charge in [0.25, 0.3) is 5.91 Å². The fourth-order valence-electron chi connectivity index (χ4n) is 4.01. The largest absolute Gasteiger partial charge is 0.478 e. The highest BCUT2D eigenvalue weighted by Crippen LogP contribution is 2.41. The highest BCUT2D eigenvalue weighted by atomic mass is 35.5. The Balaban J connectivity index is 1.75. The number of aromatic carboxylic acids is 1. The van der Waals surface area contributed by atoms with Crippen LogP contribution in [0.3, 0.4) is 0 Å². The number of halogens is 1. The molecule has 0 bridgehead atoms. The molecule has 1 aliphatic carbocycles. The van der Waals surface area contributed by atoms with E-state index in [0.717, 1.165) is 36.8 Å². The number of benzene rings is 2. The molecule has 0 aromatic heterocycles. The van der Waals surface area contributed by atoms with Crippen LogP contribution >= 0.6 is 23.4 Å². The number of hydrogen-bond donors (Lipinski definition) is 1. The first-order valence-electron chi connectivity index (χ1n) is 10.3. The van der Waals surface area contributed by atoms with Crippen LogP contribution in [0.25, 0.3) is 5.57 Å². The molecule has 4 rings (SSSR count). The van der Waals surface area contributed by atoms with E-state index in [1.54, 1.807) is 12.1 Å². The first-order chi connectivity index (χ1) is 14.9. The first-order valence-corrected chi connectivity index (χ1v) is 11.5. The van der Waals surface area contributed by atoms with E-state index in [4.69, 9.17) is 16.6 Å². The summed E-state index contributed by atoms with van der Waals surface area (Å²) in [5.74, 6) is -1.03. The summed E-state index contributed by atoms with van der Waals surface area (Å²) in [6.45, 7) is 1.94. The van der Waals surface area contributed by atoms with Crippen molar-refractivity contribution in [3.63, 3.8) is 0 Å². The topological polar surface area (TPSA) is 70.0 Å². The van der Waals surface area contributed by atoms with E-state index in [2.05, 4.69) is 0 Å². The van der Waals surface area contributed by atoms with E-state index >= 15 is 0 Å². The maximum atomic E-state index is 13.5. The summed E-state index contributed by atoms with van der Waals surface area (Å²) >= 11 is 7.38. The predicted octanol–water partition coefficient (Wildman–Crippen LogP) is 6.37. The fraction of sp³-hybridized carbons (Fsp3) is 0.292. The standard InChI is InChI=1S/C24H23ClN2O3S/c1-15(16-10-12-18(25)13-11-16)21-22(28)27(20-8-3-2-4-9-20)24(31-21)26-19-7-5-6-17(14-19)23(29)30/h5-7,10-14,20H,2-4,8-9H2,1H3,(H,29,30)/b21-15-,26-24?. The molecule has 1 saturated heterocycles. The third kappa shape index (κ3) is 4.70. The summed E-state index contributed by atoms with van der Waals surface area (Å²) in [7, 11) is 0. The van der Waals surface area contributed by atoms with Gasteiger partial charge in [-0.1, -0.05) is 49.1 Å². The van der Waals surface area contributed by atoms with E-state index in [1.807, 2.05) is 36.1 Å². The van der Waals surface area contributed by atoms with Gasteiger partial charge >= 0.3 is 5.97 Å². The average Bonchev–Trinajstić information content (AvgIpc) is 3.10. The molecule has 1 aliphatic heterocycles. The zero-order valence-electron chi connectivity index (χ0n) is 17.2. The minimum atomic E-state index is -1.000. The molecule has 1 amide bonds. The summed E-state index contributed by atoms with van der Waals surface area (Å²) in [4.78, 5) is 32.0. The summed E-state index contributed by atoms with van der Waals surface area (Å²) in [5, 5.41) is 10.6. The minimum Gasteiger partial charge on any atom is -0.478 e. The molecule has 2 aromatic carbocycles. The van der Waals surface area contributed by atoms with Crippen LogP contribution in [0.2, 0.25) is 5.02 Å². The Morgan fingerprint density at radius 2 is 1.81 bits per heavy atom. The monoisotopic (exact) mass is 454 g/mol. The number of carboxylic acids is 1. The molecule has 31 heavy (non-hydrogen) atoms. The second kappa shape index (κ2) is 9.28. The molecule has 1 N–H and O–H groups in total. The van der Waals surface area contributed by atoms with Crippen molar-refractivity contribution in [3.05, 3.63) is 69.6 Å². The van der Waals surface area contributed by atoms with E-state index in [0.29, 0.717) is 20.8 Å². The van der Waals surface area contributed by atoms with Crippen LogP contribution in [0.5, 0.6) is 0 Å². The lowest BCUT2D eigenvalue weighted by molar-refractivity contribution is -0.124. The Labute approximate surface area is 190 Å². The van der Waals surface area contributed by atoms with Crippen LogP contribution in [0.4, 0.5) is 5.69 Å². The third-order valence-corrected chi connectivity index (χ3v) is 7.10. The van der Waals surface area contributed by atoms with Crippen molar-refractivity contribution >= 4 is 51.7 Å². The van der Waals surface area contributed by atoms with Gasteiger partial charge in [-0.3, -0.25) is 9.69 Å². The van der Waals surface area contributed by atoms with Crippen molar-refractivity contribution < 1.29 is 14.7 Å². The lowest BCUT2D eigenvalue weighted by Gasteiger charge is -2.30. The Kier molecular flexibility index (Phi) is 6.49. The number of carboxylic acid groups (broad SMARTS) is 1. The molecule has 0 radical (unpaired) electrons. The summed E-state index contributed by atoms with van der Waals surface area (Å²) < 4.78 is 0. The molecular formula is C24H23ClN2O3S. The molecule has 0 spiro atoms. The fourth-order valence-corrected chi connectivity index (χ4v) is 5.25. The Bertz CT molecular complexity index is 1070. The average molecular weight is 455 g/mol. The van der Waals surface area contributed by atoms with Gasteiger partial charge in [-0.2, -0.15) is 0 Å². The van der Waals surface area contributed by atoms with E-state index < -0.39 is 5.97 Å². The van der Waals surface area contributed by atoms with Crippen LogP contribution < -0.4 is 0 Å². The normalized spacial score (nSPS) is 20.4. The highest BCUT2D eigenvalue weighted by molar-refractivity contribution is 8.18. The number of amides is 1. The van der Waals surface area contributed by atoms with Gasteiger partial charge in [0, 0.05) is 11.1 Å². The Hall–Kier alpha value is -2.57. The number of nitrogens with zero attached hydrogens (tertiary/aromatic N) is 2. The number of hydrogen-bond acceptors (Lipinski definition) is 4. The third-order valence-electron chi connectivity index (χ3n) is 5.69. The van der Waals surface area contributed by atoms with Crippen LogP contribution in [-0.2, 0) is 4.79 Å². The molecule has 2 aromatic rings. The van der Waals surface area contributed by atoms with Crippen molar-refractivity contribution in [2.24, 2.45) is 4.99 Å². The molecule has 2 aliphatic rings. The smallest absolute Gasteiger partial charge is 0.335 e. The number of aliphatic imine (C=N–C) groups is 1. The highest BCUT2D eigenvalue weighted by Gasteiger charge is 2.39. The van der Waals surface area contributed by atoms with Gasteiger partial charge in [0.15, 0.2) is 5.17 Å². The van der Waals surface area contributed by atoms with Gasteiger partial charge in [0.1, 0.15) is 0 Å². The van der Waals surface area contributed by atoms with Gasteiger partial charge < -0.3 is 5.11 Å². The second-order valence-corrected chi connectivity index (χ2v) is 9.19. The van der Waals surface area contributed by atoms with Crippen molar-refractivity contribution in [2.45, 2.75) is 45.1 Å². The zero-order chi connectivity index (χ0) is 22.0. The van der Waals surface area contributed by atoms with Crippen molar-refractivity contribution in [1.82, 2.24) is 4.90 Å². The zero-order valence-corrected chi connectivity index (χ0v) is 18.7. The molecule has 0 unspecified atom stereocenters. The quantitative estimate of drug-likeness (QED) is 0.545. The molecule has 1 heterocycles. The SMILES string of the molecule is C/C(=C1/SC(=Nc2cccc(C(=O)O)c2)N(C2CCCCC2)C1=O)c1ccc(Cl)cc1. The predicted molar refractivity (Wildman–Crippen MR) is 126 cm³/mol. The number of thioether (sulfide) groups is 1. The van der Waals surface area contributed by atoms with Gasteiger partial charge in [-0.25, -0.2) is 9.79 Å². The van der Waals surface area contributed by atoms with Crippen molar-refractivity contribution in [3.8, 4) is 0 Å². The van der Waals surface area contributed by atoms with Gasteiger partial charge in [0.05, 0.1) is 16.2 Å². The van der Waals surface area contributed by atoms with E-state index in [-0.39, 0.29) is 17.5 Å². The molecule has 160 valence electrons. The second-order valence-electron chi connectivity index (χ2n) is 7.78. The summed E-state index contributed by atoms with van der Waals surface area (Å²) in [6.07, 6.45) is 5.28. The Morgan fingerprint density at radius 1 is 1.10 bits per heavy atom. The van der Waals surface area contributed by atoms with E-state index in [1.165, 1.54) is 30.3 Å². The van der Waals surface area contributed by atoms with Crippen molar-refractivity contribution in [1.29, 1.82) is 0 Å². The van der Waals surface area contributed by atoms with Crippen LogP contribution in [0.15, 0.2) is 58.4 Å². The molecule has 5 nitrogen and oxygen atoms in total. The maximum Gasteiger partial charge on any atom is 0.335 e. The maximum absolute atomic E-state index is 13.5. The van der Waals surface area contributed by atoms with Crippen molar-refractivity contribution in [2.75, 3.05) is 0 Å². The van der Waals surface area contributed by atoms with Gasteiger partial charge in [-0.05, 0) is 73.0 Å². The number of amidine groups is 1. The molecular weight excluding hydrogens is 432 g/mol. The van der Waals surface area contributed by atoms with Crippen LogP contribution in [-0.4, -0.2) is 33.1 Å². The van der Waals surface area contributed by atoms with Gasteiger partial charge in [0.2, 0.25) is 0 Å². The summed E-state index contributed by atoms with van der Waals surface area (Å²) in [6, 6.07) is 14.1. The molecule has 2 fully saturated rings. The van der Waals surface area contributed by atoms with E-state index in [9.17, 15) is 14.7 Å². The minimum absolute atomic E-state index is 0.0301. The van der Waals surface area contributed by atoms with Crippen LogP contribution in [0, 0.1) is 0 Å². The van der Waals surface area contributed by atoms with Gasteiger partial charge in [-0.15, -0.1) is 0 Å². The molecule has 0 atom stereocenters. The number of rotatable bonds is 4. The number of allylic oxidation sites excluding steroid dienone is 1. The first kappa shape index (κ1) is 21.7. The Morgan fingerprint density at radius 3 is 2.48 bits per heavy atom. The number of carbonyl (C=O) groups is 2. The molecule has 1 saturated carbocycles.